The number of benzene rings is 1. The van der Waals surface area contributed by atoms with E-state index in [1.165, 1.54) is 11.8 Å². The van der Waals surface area contributed by atoms with Crippen molar-refractivity contribution in [1.29, 1.82) is 5.26 Å². The predicted octanol–water partition coefficient (Wildman–Crippen LogP) is 2.41. The molecule has 2 atom stereocenters. The third-order valence-corrected chi connectivity index (χ3v) is 6.13. The molecule has 0 bridgehead atoms. The average Bonchev–Trinajstić information content (AvgIpc) is 3.27. The second-order valence-corrected chi connectivity index (χ2v) is 7.64. The van der Waals surface area contributed by atoms with Crippen molar-refractivity contribution in [2.24, 2.45) is 0 Å². The number of ether oxygens (including phenoxy) is 1. The number of anilines is 1. The molecule has 28 heavy (non-hydrogen) atoms. The predicted molar refractivity (Wildman–Crippen MR) is 101 cm³/mol. The molecule has 1 spiro atoms. The number of nitrogens with zero attached hydrogens (tertiary/aromatic N) is 5. The number of fused-ring (bicyclic) bond motifs is 1. The summed E-state index contributed by atoms with van der Waals surface area (Å²) in [6, 6.07) is 12.4. The van der Waals surface area contributed by atoms with E-state index >= 15 is 0 Å². The number of hydrogen-bond donors (Lipinski definition) is 0. The largest absolute Gasteiger partial charge is 0.355 e. The molecular formula is C21H21N5O2. The number of carbonyl (C=O) groups excluding carboxylic acids is 1. The topological polar surface area (TPSA) is 82.4 Å². The molecule has 0 unspecified atom stereocenters. The molecule has 3 saturated heterocycles. The van der Waals surface area contributed by atoms with Gasteiger partial charge < -0.3 is 14.5 Å². The van der Waals surface area contributed by atoms with Gasteiger partial charge >= 0.3 is 0 Å². The molecule has 3 aliphatic heterocycles. The highest BCUT2D eigenvalue weighted by Crippen LogP contribution is 2.47. The smallest absolute Gasteiger partial charge is 0.257 e. The molecule has 7 heteroatoms. The number of rotatable bonds is 2. The van der Waals surface area contributed by atoms with Crippen LogP contribution >= 0.6 is 0 Å². The molecule has 0 radical (unpaired) electrons. The van der Waals surface area contributed by atoms with Crippen molar-refractivity contribution >= 4 is 11.7 Å². The van der Waals surface area contributed by atoms with E-state index in [0.29, 0.717) is 37.4 Å². The summed E-state index contributed by atoms with van der Waals surface area (Å²) in [5.41, 5.74) is 0.756. The molecule has 7 nitrogen and oxygen atoms in total. The van der Waals surface area contributed by atoms with E-state index in [9.17, 15) is 4.79 Å². The monoisotopic (exact) mass is 375 g/mol. The maximum Gasteiger partial charge on any atom is 0.257 e. The van der Waals surface area contributed by atoms with Crippen LogP contribution in [0.4, 0.5) is 5.82 Å². The van der Waals surface area contributed by atoms with Crippen molar-refractivity contribution in [2.75, 3.05) is 18.0 Å². The molecule has 3 aliphatic rings. The Hall–Kier alpha value is -2.98. The third kappa shape index (κ3) is 2.64. The summed E-state index contributed by atoms with van der Waals surface area (Å²) in [6.07, 6.45) is 6.07. The number of amides is 1. The molecule has 1 aromatic carbocycles. The lowest BCUT2D eigenvalue weighted by Crippen LogP contribution is -2.50. The highest BCUT2D eigenvalue weighted by atomic mass is 16.6. The van der Waals surface area contributed by atoms with Crippen LogP contribution in [0.3, 0.4) is 0 Å². The Balaban J connectivity index is 1.33. The van der Waals surface area contributed by atoms with Crippen molar-refractivity contribution in [3.05, 3.63) is 54.0 Å². The van der Waals surface area contributed by atoms with E-state index in [2.05, 4.69) is 27.0 Å². The number of piperidine rings is 1. The van der Waals surface area contributed by atoms with Gasteiger partial charge in [-0.25, -0.2) is 4.98 Å². The van der Waals surface area contributed by atoms with E-state index in [-0.39, 0.29) is 18.2 Å². The number of carbonyl (C=O) groups is 1. The molecule has 1 aromatic heterocycles. The summed E-state index contributed by atoms with van der Waals surface area (Å²) in [7, 11) is 0. The first kappa shape index (κ1) is 17.1. The summed E-state index contributed by atoms with van der Waals surface area (Å²) in [4.78, 5) is 25.9. The minimum absolute atomic E-state index is 0.106. The first-order valence-electron chi connectivity index (χ1n) is 9.73. The molecular weight excluding hydrogens is 354 g/mol. The van der Waals surface area contributed by atoms with Gasteiger partial charge in [0.05, 0.1) is 18.4 Å². The van der Waals surface area contributed by atoms with E-state index in [0.717, 1.165) is 12.8 Å². The Morgan fingerprint density at radius 1 is 1.14 bits per heavy atom. The van der Waals surface area contributed by atoms with Crippen LogP contribution in [0.15, 0.2) is 42.7 Å². The Bertz CT molecular complexity index is 933. The molecule has 0 saturated carbocycles. The van der Waals surface area contributed by atoms with Crippen molar-refractivity contribution in [3.63, 3.8) is 0 Å². The van der Waals surface area contributed by atoms with E-state index < -0.39 is 5.60 Å². The second kappa shape index (κ2) is 6.57. The zero-order chi connectivity index (χ0) is 19.1. The molecule has 142 valence electrons. The van der Waals surface area contributed by atoms with Crippen molar-refractivity contribution in [3.8, 4) is 6.07 Å². The van der Waals surface area contributed by atoms with Crippen LogP contribution in [-0.2, 0) is 9.53 Å². The number of aromatic nitrogens is 2. The summed E-state index contributed by atoms with van der Waals surface area (Å²) in [5, 5.41) is 9.03. The van der Waals surface area contributed by atoms with E-state index in [4.69, 9.17) is 10.00 Å². The Labute approximate surface area is 163 Å². The molecule has 1 amide bonds. The van der Waals surface area contributed by atoms with Gasteiger partial charge in [0.1, 0.15) is 18.1 Å². The quantitative estimate of drug-likeness (QED) is 0.802. The van der Waals surface area contributed by atoms with Gasteiger partial charge in [0.2, 0.25) is 0 Å². The standard InChI is InChI=1S/C21H21N5O2/c22-12-16-13-23-14-18(24-16)25-10-8-21(9-11-25)20(27)26-17(6-7-19(26)28-21)15-4-2-1-3-5-15/h1-5,13-14,17,19H,6-11H2/t17-,19+/m0/s1. The molecule has 4 heterocycles. The van der Waals surface area contributed by atoms with Gasteiger partial charge in [-0.15, -0.1) is 0 Å². The van der Waals surface area contributed by atoms with Crippen LogP contribution in [0.1, 0.15) is 43.0 Å². The van der Waals surface area contributed by atoms with Crippen molar-refractivity contribution in [1.82, 2.24) is 14.9 Å². The Morgan fingerprint density at radius 2 is 1.93 bits per heavy atom. The lowest BCUT2D eigenvalue weighted by molar-refractivity contribution is -0.140. The maximum atomic E-state index is 13.4. The van der Waals surface area contributed by atoms with Crippen LogP contribution in [0.25, 0.3) is 0 Å². The molecule has 3 fully saturated rings. The summed E-state index contributed by atoms with van der Waals surface area (Å²) < 4.78 is 6.37. The van der Waals surface area contributed by atoms with Gasteiger partial charge in [-0.3, -0.25) is 9.78 Å². The molecule has 5 rings (SSSR count). The highest BCUT2D eigenvalue weighted by molar-refractivity contribution is 5.88. The van der Waals surface area contributed by atoms with Crippen molar-refractivity contribution < 1.29 is 9.53 Å². The molecule has 2 aromatic rings. The minimum Gasteiger partial charge on any atom is -0.355 e. The molecule has 0 N–H and O–H groups in total. The lowest BCUT2D eigenvalue weighted by Gasteiger charge is -2.38. The first-order valence-corrected chi connectivity index (χ1v) is 9.73. The first-order chi connectivity index (χ1) is 13.7. The highest BCUT2D eigenvalue weighted by Gasteiger charge is 2.57. The lowest BCUT2D eigenvalue weighted by atomic mass is 9.89. The summed E-state index contributed by atoms with van der Waals surface area (Å²) in [5.74, 6) is 0.808. The summed E-state index contributed by atoms with van der Waals surface area (Å²) >= 11 is 0. The zero-order valence-corrected chi connectivity index (χ0v) is 15.5. The van der Waals surface area contributed by atoms with Gasteiger partial charge in [-0.05, 0) is 18.4 Å². The number of hydrogen-bond acceptors (Lipinski definition) is 6. The van der Waals surface area contributed by atoms with Crippen LogP contribution in [0, 0.1) is 11.3 Å². The van der Waals surface area contributed by atoms with E-state index in [1.54, 1.807) is 6.20 Å². The fraction of sp³-hybridized carbons (Fsp3) is 0.429. The maximum absolute atomic E-state index is 13.4. The van der Waals surface area contributed by atoms with Crippen LogP contribution in [0.5, 0.6) is 0 Å². The van der Waals surface area contributed by atoms with Crippen LogP contribution in [0.2, 0.25) is 0 Å². The van der Waals surface area contributed by atoms with Gasteiger partial charge in [0.15, 0.2) is 11.3 Å². The van der Waals surface area contributed by atoms with Gasteiger partial charge in [-0.2, -0.15) is 5.26 Å². The zero-order valence-electron chi connectivity index (χ0n) is 15.5. The van der Waals surface area contributed by atoms with Gasteiger partial charge in [0, 0.05) is 25.9 Å². The Kier molecular flexibility index (Phi) is 4.02. The average molecular weight is 375 g/mol. The Morgan fingerprint density at radius 3 is 2.68 bits per heavy atom. The second-order valence-electron chi connectivity index (χ2n) is 7.64. The van der Waals surface area contributed by atoms with E-state index in [1.807, 2.05) is 29.2 Å². The van der Waals surface area contributed by atoms with Gasteiger partial charge in [-0.1, -0.05) is 30.3 Å². The fourth-order valence-electron chi connectivity index (χ4n) is 4.71. The third-order valence-electron chi connectivity index (χ3n) is 6.13. The SMILES string of the molecule is N#Cc1cncc(N2CCC3(CC2)O[C@@H]2CC[C@@H](c4ccccc4)N2C3=O)n1. The van der Waals surface area contributed by atoms with Crippen LogP contribution < -0.4 is 4.90 Å². The minimum atomic E-state index is -0.727. The molecule has 0 aliphatic carbocycles. The van der Waals surface area contributed by atoms with Crippen LogP contribution in [-0.4, -0.2) is 45.7 Å². The number of nitriles is 1. The fourth-order valence-corrected chi connectivity index (χ4v) is 4.71. The summed E-state index contributed by atoms with van der Waals surface area (Å²) in [6.45, 7) is 1.32. The normalized spacial score (nSPS) is 25.8. The van der Waals surface area contributed by atoms with Gasteiger partial charge in [0.25, 0.3) is 5.91 Å². The van der Waals surface area contributed by atoms with Crippen molar-refractivity contribution in [2.45, 2.75) is 43.6 Å².